The van der Waals surface area contributed by atoms with Crippen molar-refractivity contribution in [1.29, 1.82) is 0 Å². The van der Waals surface area contributed by atoms with Crippen LogP contribution in [-0.4, -0.2) is 47.6 Å². The summed E-state index contributed by atoms with van der Waals surface area (Å²) >= 11 is 0. The van der Waals surface area contributed by atoms with E-state index < -0.39 is 0 Å². The van der Waals surface area contributed by atoms with Gasteiger partial charge in [0.15, 0.2) is 6.61 Å². The summed E-state index contributed by atoms with van der Waals surface area (Å²) < 4.78 is 5.58. The number of nitrogens with one attached hydrogen (secondary N) is 1. The molecule has 1 fully saturated rings. The van der Waals surface area contributed by atoms with Gasteiger partial charge >= 0.3 is 0 Å². The highest BCUT2D eigenvalue weighted by Crippen LogP contribution is 2.24. The average Bonchev–Trinajstić information content (AvgIpc) is 2.74. The number of anilines is 1. The van der Waals surface area contributed by atoms with Crippen molar-refractivity contribution in [1.82, 2.24) is 4.90 Å². The molecule has 1 heterocycles. The van der Waals surface area contributed by atoms with Crippen molar-refractivity contribution < 1.29 is 19.4 Å². The molecule has 1 saturated heterocycles. The fraction of sp³-hybridized carbons (Fsp3) is 0.440. The lowest BCUT2D eigenvalue weighted by molar-refractivity contribution is -0.132. The number of hydrogen-bond donors (Lipinski definition) is 2. The van der Waals surface area contributed by atoms with E-state index in [4.69, 9.17) is 4.74 Å². The molecule has 1 aliphatic rings. The summed E-state index contributed by atoms with van der Waals surface area (Å²) in [6, 6.07) is 15.1. The zero-order valence-corrected chi connectivity index (χ0v) is 18.6. The molecule has 3 rings (SSSR count). The lowest BCUT2D eigenvalue weighted by atomic mass is 9.87. The monoisotopic (exact) mass is 424 g/mol. The van der Waals surface area contributed by atoms with Crippen LogP contribution in [0.25, 0.3) is 0 Å². The van der Waals surface area contributed by atoms with Crippen LogP contribution in [0.1, 0.15) is 44.7 Å². The van der Waals surface area contributed by atoms with Gasteiger partial charge in [0.1, 0.15) is 5.75 Å². The molecule has 0 unspecified atom stereocenters. The molecule has 6 nitrogen and oxygen atoms in total. The maximum atomic E-state index is 12.4. The summed E-state index contributed by atoms with van der Waals surface area (Å²) in [4.78, 5) is 26.4. The predicted octanol–water partition coefficient (Wildman–Crippen LogP) is 3.53. The number of aliphatic hydroxyl groups is 1. The normalized spacial score (nSPS) is 14.9. The molecule has 31 heavy (non-hydrogen) atoms. The third-order valence-corrected chi connectivity index (χ3v) is 5.50. The van der Waals surface area contributed by atoms with Crippen LogP contribution in [0.4, 0.5) is 5.69 Å². The van der Waals surface area contributed by atoms with Gasteiger partial charge in [-0.2, -0.15) is 0 Å². The Morgan fingerprint density at radius 2 is 1.65 bits per heavy atom. The molecule has 6 heteroatoms. The van der Waals surface area contributed by atoms with E-state index in [1.165, 1.54) is 5.56 Å². The molecule has 0 radical (unpaired) electrons. The van der Waals surface area contributed by atoms with E-state index in [9.17, 15) is 14.7 Å². The standard InChI is InChI=1S/C25H32N2O4/c1-25(2,3)19-6-10-22(11-7-19)31-17-23(29)26-20-8-4-18(5-9-20)16-24(30)27-14-12-21(28)13-15-27/h4-11,21,28H,12-17H2,1-3H3,(H,26,29). The number of benzene rings is 2. The maximum Gasteiger partial charge on any atom is 0.262 e. The van der Waals surface area contributed by atoms with E-state index in [1.54, 1.807) is 17.0 Å². The van der Waals surface area contributed by atoms with Crippen molar-refractivity contribution in [2.24, 2.45) is 0 Å². The lowest BCUT2D eigenvalue weighted by Crippen LogP contribution is -2.40. The fourth-order valence-corrected chi connectivity index (χ4v) is 3.50. The van der Waals surface area contributed by atoms with Gasteiger partial charge in [0.2, 0.25) is 5.91 Å². The first-order valence-corrected chi connectivity index (χ1v) is 10.8. The summed E-state index contributed by atoms with van der Waals surface area (Å²) in [5, 5.41) is 12.4. The molecule has 2 aromatic rings. The number of rotatable bonds is 6. The van der Waals surface area contributed by atoms with Crippen LogP contribution in [0.2, 0.25) is 0 Å². The van der Waals surface area contributed by atoms with Gasteiger partial charge in [-0.1, -0.05) is 45.0 Å². The Balaban J connectivity index is 1.45. The predicted molar refractivity (Wildman–Crippen MR) is 121 cm³/mol. The molecule has 0 aliphatic carbocycles. The number of hydrogen-bond acceptors (Lipinski definition) is 4. The zero-order valence-electron chi connectivity index (χ0n) is 18.6. The van der Waals surface area contributed by atoms with Gasteiger partial charge < -0.3 is 20.1 Å². The summed E-state index contributed by atoms with van der Waals surface area (Å²) in [5.74, 6) is 0.479. The first kappa shape index (κ1) is 22.8. The van der Waals surface area contributed by atoms with Crippen molar-refractivity contribution >= 4 is 17.5 Å². The Bertz CT molecular complexity index is 877. The quantitative estimate of drug-likeness (QED) is 0.744. The number of carbonyl (C=O) groups is 2. The van der Waals surface area contributed by atoms with E-state index in [-0.39, 0.29) is 29.9 Å². The molecule has 2 aromatic carbocycles. The van der Waals surface area contributed by atoms with Crippen molar-refractivity contribution in [3.63, 3.8) is 0 Å². The van der Waals surface area contributed by atoms with Crippen LogP contribution in [0.5, 0.6) is 5.75 Å². The number of nitrogens with zero attached hydrogens (tertiary/aromatic N) is 1. The second-order valence-corrected chi connectivity index (χ2v) is 9.10. The SMILES string of the molecule is CC(C)(C)c1ccc(OCC(=O)Nc2ccc(CC(=O)N3CCC(O)CC3)cc2)cc1. The Morgan fingerprint density at radius 3 is 2.23 bits per heavy atom. The molecule has 1 aliphatic heterocycles. The van der Waals surface area contributed by atoms with Gasteiger partial charge in [0.05, 0.1) is 12.5 Å². The van der Waals surface area contributed by atoms with Crippen molar-refractivity contribution in [2.75, 3.05) is 25.0 Å². The summed E-state index contributed by atoms with van der Waals surface area (Å²) in [6.45, 7) is 7.58. The topological polar surface area (TPSA) is 78.9 Å². The van der Waals surface area contributed by atoms with Crippen LogP contribution >= 0.6 is 0 Å². The fourth-order valence-electron chi connectivity index (χ4n) is 3.50. The Morgan fingerprint density at radius 1 is 1.03 bits per heavy atom. The summed E-state index contributed by atoms with van der Waals surface area (Å²) in [5.41, 5.74) is 2.84. The van der Waals surface area contributed by atoms with Gasteiger partial charge in [0, 0.05) is 18.8 Å². The third-order valence-electron chi connectivity index (χ3n) is 5.50. The van der Waals surface area contributed by atoms with E-state index in [2.05, 4.69) is 26.1 Å². The van der Waals surface area contributed by atoms with Gasteiger partial charge in [-0.25, -0.2) is 0 Å². The summed E-state index contributed by atoms with van der Waals surface area (Å²) in [6.07, 6.45) is 1.30. The van der Waals surface area contributed by atoms with Gasteiger partial charge in [-0.15, -0.1) is 0 Å². The van der Waals surface area contributed by atoms with Gasteiger partial charge in [0.25, 0.3) is 5.91 Å². The highest BCUT2D eigenvalue weighted by molar-refractivity contribution is 5.92. The first-order chi connectivity index (χ1) is 14.7. The highest BCUT2D eigenvalue weighted by atomic mass is 16.5. The molecule has 2 N–H and O–H groups in total. The minimum atomic E-state index is -0.293. The minimum Gasteiger partial charge on any atom is -0.484 e. The second-order valence-electron chi connectivity index (χ2n) is 9.10. The van der Waals surface area contributed by atoms with Crippen molar-refractivity contribution in [3.8, 4) is 5.75 Å². The smallest absolute Gasteiger partial charge is 0.262 e. The number of carbonyl (C=O) groups excluding carboxylic acids is 2. The molecule has 2 amide bonds. The average molecular weight is 425 g/mol. The Labute approximate surface area is 184 Å². The van der Waals surface area contributed by atoms with E-state index in [0.29, 0.717) is 43.8 Å². The minimum absolute atomic E-state index is 0.0644. The van der Waals surface area contributed by atoms with E-state index >= 15 is 0 Å². The van der Waals surface area contributed by atoms with Crippen LogP contribution in [0, 0.1) is 0 Å². The molecule has 0 bridgehead atoms. The molecular weight excluding hydrogens is 392 g/mol. The van der Waals surface area contributed by atoms with Crippen LogP contribution in [0.15, 0.2) is 48.5 Å². The molecule has 166 valence electrons. The molecule has 0 spiro atoms. The van der Waals surface area contributed by atoms with E-state index in [1.807, 2.05) is 36.4 Å². The lowest BCUT2D eigenvalue weighted by Gasteiger charge is -2.29. The molecule has 0 atom stereocenters. The van der Waals surface area contributed by atoms with Gasteiger partial charge in [-0.3, -0.25) is 9.59 Å². The number of piperidine rings is 1. The van der Waals surface area contributed by atoms with Crippen LogP contribution in [0.3, 0.4) is 0 Å². The van der Waals surface area contributed by atoms with Crippen molar-refractivity contribution in [2.45, 2.75) is 51.6 Å². The van der Waals surface area contributed by atoms with Crippen LogP contribution in [-0.2, 0) is 21.4 Å². The Kier molecular flexibility index (Phi) is 7.33. The number of aliphatic hydroxyl groups excluding tert-OH is 1. The summed E-state index contributed by atoms with van der Waals surface area (Å²) in [7, 11) is 0. The highest BCUT2D eigenvalue weighted by Gasteiger charge is 2.21. The molecular formula is C25H32N2O4. The number of ether oxygens (including phenoxy) is 1. The molecule has 0 aromatic heterocycles. The van der Waals surface area contributed by atoms with Crippen LogP contribution < -0.4 is 10.1 Å². The van der Waals surface area contributed by atoms with Crippen molar-refractivity contribution in [3.05, 3.63) is 59.7 Å². The van der Waals surface area contributed by atoms with E-state index in [0.717, 1.165) is 5.56 Å². The second kappa shape index (κ2) is 9.96. The van der Waals surface area contributed by atoms with Gasteiger partial charge in [-0.05, 0) is 53.6 Å². The Hall–Kier alpha value is -2.86. The zero-order chi connectivity index (χ0) is 22.4. The first-order valence-electron chi connectivity index (χ1n) is 10.8. The largest absolute Gasteiger partial charge is 0.484 e. The third kappa shape index (κ3) is 6.82. The maximum absolute atomic E-state index is 12.4. The number of likely N-dealkylation sites (tertiary alicyclic amines) is 1. The number of amides is 2. The molecule has 0 saturated carbocycles.